The molecular weight excluding hydrogens is 577 g/mol. The van der Waals surface area contributed by atoms with Crippen molar-refractivity contribution < 1.29 is 14.3 Å². The number of ether oxygens (including phenoxy) is 1. The van der Waals surface area contributed by atoms with Crippen molar-refractivity contribution in [2.24, 2.45) is 5.73 Å². The normalized spacial score (nSPS) is 10.2. The summed E-state index contributed by atoms with van der Waals surface area (Å²) in [5.41, 5.74) is 6.35. The summed E-state index contributed by atoms with van der Waals surface area (Å²) >= 11 is 6.15. The van der Waals surface area contributed by atoms with E-state index in [0.29, 0.717) is 14.8 Å². The predicted octanol–water partition coefficient (Wildman–Crippen LogP) is 2.18. The molecule has 0 spiro atoms. The number of amides is 2. The quantitative estimate of drug-likeness (QED) is 0.532. The van der Waals surface area contributed by atoms with Gasteiger partial charge in [-0.15, -0.1) is 0 Å². The number of nitrogens with one attached hydrogen (secondary N) is 1. The largest absolute Gasteiger partial charge is 0.375 e. The van der Waals surface area contributed by atoms with Gasteiger partial charge in [-0.2, -0.15) is 0 Å². The lowest BCUT2D eigenvalue weighted by molar-refractivity contribution is -0.119. The first-order valence-electron chi connectivity index (χ1n) is 4.64. The maximum absolute atomic E-state index is 11.5. The van der Waals surface area contributed by atoms with E-state index in [0.717, 1.165) is 7.14 Å². The molecule has 0 bridgehead atoms. The van der Waals surface area contributed by atoms with Gasteiger partial charge in [-0.1, -0.05) is 0 Å². The molecular formula is C10H9I3N2O3. The fraction of sp³-hybridized carbons (Fsp3) is 0.200. The number of primary amides is 1. The number of carbonyl (C=O) groups is 2. The van der Waals surface area contributed by atoms with E-state index in [2.05, 4.69) is 27.9 Å². The highest BCUT2D eigenvalue weighted by Gasteiger charge is 2.19. The van der Waals surface area contributed by atoms with Gasteiger partial charge in [-0.05, 0) is 73.8 Å². The van der Waals surface area contributed by atoms with Gasteiger partial charge in [0.1, 0.15) is 6.61 Å². The van der Waals surface area contributed by atoms with Gasteiger partial charge in [0.05, 0.1) is 14.8 Å². The van der Waals surface area contributed by atoms with Crippen LogP contribution in [0, 0.1) is 10.7 Å². The lowest BCUT2D eigenvalue weighted by Crippen LogP contribution is -2.21. The van der Waals surface area contributed by atoms with Crippen molar-refractivity contribution in [3.8, 4) is 0 Å². The number of anilines is 1. The van der Waals surface area contributed by atoms with Crippen LogP contribution in [0.15, 0.2) is 6.07 Å². The second-order valence-corrected chi connectivity index (χ2v) is 6.65. The van der Waals surface area contributed by atoms with E-state index in [-0.39, 0.29) is 12.5 Å². The van der Waals surface area contributed by atoms with Gasteiger partial charge in [-0.25, -0.2) is 0 Å². The first-order valence-corrected chi connectivity index (χ1v) is 7.88. The number of hydrogen-bond donors (Lipinski definition) is 2. The summed E-state index contributed by atoms with van der Waals surface area (Å²) in [6.07, 6.45) is 0. The molecule has 1 aromatic carbocycles. The molecule has 3 N–H and O–H groups in total. The van der Waals surface area contributed by atoms with Crippen molar-refractivity contribution in [2.75, 3.05) is 19.0 Å². The zero-order valence-corrected chi connectivity index (χ0v) is 15.7. The van der Waals surface area contributed by atoms with Gasteiger partial charge < -0.3 is 15.8 Å². The Morgan fingerprint density at radius 2 is 1.94 bits per heavy atom. The van der Waals surface area contributed by atoms with Crippen molar-refractivity contribution >= 4 is 85.3 Å². The lowest BCUT2D eigenvalue weighted by Gasteiger charge is -2.13. The first kappa shape index (κ1) is 16.4. The Labute approximate surface area is 145 Å². The summed E-state index contributed by atoms with van der Waals surface area (Å²) in [6, 6.07) is 1.80. The van der Waals surface area contributed by atoms with Crippen LogP contribution in [-0.2, 0) is 9.53 Å². The summed E-state index contributed by atoms with van der Waals surface area (Å²) in [4.78, 5) is 22.9. The van der Waals surface area contributed by atoms with Crippen molar-refractivity contribution in [1.29, 1.82) is 0 Å². The summed E-state index contributed by atoms with van der Waals surface area (Å²) in [5.74, 6) is -0.785. The molecule has 0 radical (unpaired) electrons. The van der Waals surface area contributed by atoms with Crippen molar-refractivity contribution in [3.05, 3.63) is 22.3 Å². The van der Waals surface area contributed by atoms with E-state index in [1.54, 1.807) is 6.07 Å². The minimum absolute atomic E-state index is 0.0376. The van der Waals surface area contributed by atoms with E-state index < -0.39 is 5.91 Å². The number of halogens is 3. The van der Waals surface area contributed by atoms with Crippen LogP contribution in [0.1, 0.15) is 10.4 Å². The molecule has 2 amide bonds. The molecule has 0 aliphatic heterocycles. The number of carbonyl (C=O) groups excluding carboxylic acids is 2. The Balaban J connectivity index is 3.23. The van der Waals surface area contributed by atoms with Crippen LogP contribution in [0.2, 0.25) is 0 Å². The van der Waals surface area contributed by atoms with Crippen molar-refractivity contribution in [1.82, 2.24) is 0 Å². The average molecular weight is 586 g/mol. The van der Waals surface area contributed by atoms with E-state index in [1.807, 2.05) is 45.2 Å². The van der Waals surface area contributed by atoms with E-state index in [4.69, 9.17) is 10.5 Å². The van der Waals surface area contributed by atoms with Crippen LogP contribution < -0.4 is 11.1 Å². The van der Waals surface area contributed by atoms with Crippen LogP contribution in [0.5, 0.6) is 0 Å². The van der Waals surface area contributed by atoms with Crippen molar-refractivity contribution in [2.45, 2.75) is 0 Å². The molecule has 0 atom stereocenters. The molecule has 1 aromatic rings. The molecule has 8 heteroatoms. The number of rotatable bonds is 4. The van der Waals surface area contributed by atoms with Crippen LogP contribution in [0.4, 0.5) is 5.69 Å². The topological polar surface area (TPSA) is 81.4 Å². The Bertz CT molecular complexity index is 506. The minimum atomic E-state index is -0.512. The van der Waals surface area contributed by atoms with Crippen LogP contribution in [-0.4, -0.2) is 25.5 Å². The standard InChI is InChI=1S/C10H9I3N2O3/c1-18-3-6(16)15-9-5(12)2-4(11)7(8(9)13)10(14)17/h2H,3H2,1H3,(H2,14,17)(H,15,16). The smallest absolute Gasteiger partial charge is 0.250 e. The predicted molar refractivity (Wildman–Crippen MR) is 93.6 cm³/mol. The van der Waals surface area contributed by atoms with Gasteiger partial charge in [0, 0.05) is 14.3 Å². The molecule has 0 heterocycles. The molecule has 0 saturated carbocycles. The molecule has 5 nitrogen and oxygen atoms in total. The van der Waals surface area contributed by atoms with E-state index in [9.17, 15) is 9.59 Å². The van der Waals surface area contributed by atoms with Gasteiger partial charge in [-0.3, -0.25) is 9.59 Å². The van der Waals surface area contributed by atoms with Crippen molar-refractivity contribution in [3.63, 3.8) is 0 Å². The molecule has 0 aliphatic carbocycles. The van der Waals surface area contributed by atoms with Gasteiger partial charge in [0.2, 0.25) is 5.91 Å². The molecule has 98 valence electrons. The maximum Gasteiger partial charge on any atom is 0.250 e. The van der Waals surface area contributed by atoms with Crippen LogP contribution in [0.3, 0.4) is 0 Å². The van der Waals surface area contributed by atoms with E-state index >= 15 is 0 Å². The van der Waals surface area contributed by atoms with E-state index in [1.165, 1.54) is 7.11 Å². The number of benzene rings is 1. The molecule has 0 aromatic heterocycles. The summed E-state index contributed by atoms with van der Waals surface area (Å²) in [6.45, 7) is -0.0376. The summed E-state index contributed by atoms with van der Waals surface area (Å²) in [5, 5.41) is 2.71. The molecule has 0 fully saturated rings. The Morgan fingerprint density at radius 1 is 1.33 bits per heavy atom. The highest BCUT2D eigenvalue weighted by atomic mass is 127. The Kier molecular flexibility index (Phi) is 6.54. The fourth-order valence-electron chi connectivity index (χ4n) is 1.24. The number of nitrogens with two attached hydrogens (primary N) is 1. The fourth-order valence-corrected chi connectivity index (χ4v) is 5.41. The Hall–Kier alpha value is 0.310. The van der Waals surface area contributed by atoms with Crippen LogP contribution >= 0.6 is 67.8 Å². The molecule has 0 aliphatic rings. The molecule has 0 unspecified atom stereocenters. The Morgan fingerprint density at radius 3 is 2.44 bits per heavy atom. The molecule has 1 rings (SSSR count). The lowest BCUT2D eigenvalue weighted by atomic mass is 10.2. The van der Waals surface area contributed by atoms with Gasteiger partial charge >= 0.3 is 0 Å². The van der Waals surface area contributed by atoms with Gasteiger partial charge in [0.15, 0.2) is 0 Å². The first-order chi connectivity index (χ1) is 8.38. The SMILES string of the molecule is COCC(=O)Nc1c(I)cc(I)c(C(N)=O)c1I. The number of hydrogen-bond acceptors (Lipinski definition) is 3. The average Bonchev–Trinajstić information content (AvgIpc) is 2.23. The zero-order valence-electron chi connectivity index (χ0n) is 9.22. The third kappa shape index (κ3) is 3.90. The zero-order chi connectivity index (χ0) is 13.9. The second-order valence-electron chi connectivity index (χ2n) is 3.25. The summed E-state index contributed by atoms with van der Waals surface area (Å²) < 4.78 is 6.99. The van der Waals surface area contributed by atoms with Crippen LogP contribution in [0.25, 0.3) is 0 Å². The third-order valence-corrected chi connectivity index (χ3v) is 4.74. The third-order valence-electron chi connectivity index (χ3n) is 1.96. The molecule has 0 saturated heterocycles. The maximum atomic E-state index is 11.5. The molecule has 18 heavy (non-hydrogen) atoms. The van der Waals surface area contributed by atoms with Gasteiger partial charge in [0.25, 0.3) is 5.91 Å². The number of methoxy groups -OCH3 is 1. The highest BCUT2D eigenvalue weighted by molar-refractivity contribution is 14.1. The minimum Gasteiger partial charge on any atom is -0.375 e. The highest BCUT2D eigenvalue weighted by Crippen LogP contribution is 2.31. The summed E-state index contributed by atoms with van der Waals surface area (Å²) in [7, 11) is 1.44. The monoisotopic (exact) mass is 586 g/mol. The second kappa shape index (κ2) is 7.19.